The molecule has 1 rings (SSSR count). The number of ether oxygens (including phenoxy) is 1. The Labute approximate surface area is 98.3 Å². The number of carbonyl (C=O) groups is 1. The molecule has 0 aliphatic carbocycles. The van der Waals surface area contributed by atoms with Crippen molar-refractivity contribution >= 4 is 29.3 Å². The van der Waals surface area contributed by atoms with Gasteiger partial charge in [0.25, 0.3) is 0 Å². The lowest BCUT2D eigenvalue weighted by atomic mass is 10.3. The van der Waals surface area contributed by atoms with Crippen LogP contribution in [0.15, 0.2) is 18.2 Å². The predicted octanol–water partition coefficient (Wildman–Crippen LogP) is 3.49. The van der Waals surface area contributed by atoms with Crippen LogP contribution in [0, 0.1) is 0 Å². The summed E-state index contributed by atoms with van der Waals surface area (Å²) in [6.07, 6.45) is 0.367. The monoisotopic (exact) mass is 247 g/mol. The smallest absolute Gasteiger partial charge is 0.410 e. The summed E-state index contributed by atoms with van der Waals surface area (Å²) >= 11 is 11.5. The second-order valence-corrected chi connectivity index (χ2v) is 3.71. The van der Waals surface area contributed by atoms with E-state index in [2.05, 4.69) is 5.32 Å². The molecule has 82 valence electrons. The predicted molar refractivity (Wildman–Crippen MR) is 60.8 cm³/mol. The minimum Gasteiger partial charge on any atom is -0.410 e. The van der Waals surface area contributed by atoms with E-state index in [9.17, 15) is 4.79 Å². The lowest BCUT2D eigenvalue weighted by Crippen LogP contribution is -2.27. The topological polar surface area (TPSA) is 38.3 Å². The van der Waals surface area contributed by atoms with Crippen LogP contribution in [0.2, 0.25) is 10.0 Å². The molecule has 0 atom stereocenters. The Morgan fingerprint density at radius 2 is 2.13 bits per heavy atom. The van der Waals surface area contributed by atoms with Crippen molar-refractivity contribution in [2.24, 2.45) is 0 Å². The highest BCUT2D eigenvalue weighted by Gasteiger charge is 2.05. The Kier molecular flexibility index (Phi) is 4.72. The van der Waals surface area contributed by atoms with E-state index in [1.165, 1.54) is 6.07 Å². The molecule has 0 saturated heterocycles. The summed E-state index contributed by atoms with van der Waals surface area (Å²) in [6, 6.07) is 4.65. The van der Waals surface area contributed by atoms with Crippen LogP contribution in [0.4, 0.5) is 4.79 Å². The van der Waals surface area contributed by atoms with Gasteiger partial charge in [-0.3, -0.25) is 0 Å². The maximum Gasteiger partial charge on any atom is 0.412 e. The van der Waals surface area contributed by atoms with Gasteiger partial charge in [0.2, 0.25) is 0 Å². The van der Waals surface area contributed by atoms with Crippen LogP contribution in [-0.2, 0) is 0 Å². The van der Waals surface area contributed by atoms with Gasteiger partial charge in [-0.15, -0.1) is 0 Å². The number of carbonyl (C=O) groups excluding carboxylic acids is 1. The summed E-state index contributed by atoms with van der Waals surface area (Å²) in [5, 5.41) is 3.37. The number of rotatable bonds is 3. The fraction of sp³-hybridized carbons (Fsp3) is 0.300. The molecular weight excluding hydrogens is 237 g/mol. The van der Waals surface area contributed by atoms with Gasteiger partial charge >= 0.3 is 6.09 Å². The van der Waals surface area contributed by atoms with Crippen molar-refractivity contribution in [3.05, 3.63) is 28.2 Å². The number of benzene rings is 1. The molecule has 0 aliphatic heterocycles. The zero-order valence-corrected chi connectivity index (χ0v) is 9.73. The number of halogens is 2. The number of hydrogen-bond acceptors (Lipinski definition) is 2. The normalized spacial score (nSPS) is 9.80. The van der Waals surface area contributed by atoms with Gasteiger partial charge in [-0.25, -0.2) is 4.79 Å². The molecule has 0 fully saturated rings. The summed E-state index contributed by atoms with van der Waals surface area (Å²) in [4.78, 5) is 11.2. The largest absolute Gasteiger partial charge is 0.412 e. The maximum absolute atomic E-state index is 11.2. The second-order valence-electron chi connectivity index (χ2n) is 2.89. The lowest BCUT2D eigenvalue weighted by Gasteiger charge is -2.06. The van der Waals surface area contributed by atoms with Crippen molar-refractivity contribution in [2.75, 3.05) is 6.54 Å². The first kappa shape index (κ1) is 12.1. The molecular formula is C10H11Cl2NO2. The minimum absolute atomic E-state index is 0.359. The molecule has 5 heteroatoms. The van der Waals surface area contributed by atoms with Crippen LogP contribution >= 0.6 is 23.2 Å². The van der Waals surface area contributed by atoms with Crippen molar-refractivity contribution in [1.82, 2.24) is 5.32 Å². The Bertz CT molecular complexity index is 355. The summed E-state index contributed by atoms with van der Waals surface area (Å²) in [5.74, 6) is 0.373. The SMILES string of the molecule is CCCNC(=O)Oc1ccc(Cl)c(Cl)c1. The average Bonchev–Trinajstić information content (AvgIpc) is 2.20. The van der Waals surface area contributed by atoms with Gasteiger partial charge in [-0.1, -0.05) is 30.1 Å². The van der Waals surface area contributed by atoms with E-state index in [4.69, 9.17) is 27.9 Å². The first-order valence-corrected chi connectivity index (χ1v) is 5.29. The summed E-state index contributed by atoms with van der Waals surface area (Å²) in [7, 11) is 0. The molecule has 1 aromatic carbocycles. The molecule has 0 unspecified atom stereocenters. The zero-order valence-electron chi connectivity index (χ0n) is 8.22. The van der Waals surface area contributed by atoms with E-state index in [0.717, 1.165) is 6.42 Å². The standard InChI is InChI=1S/C10H11Cl2NO2/c1-2-5-13-10(14)15-7-3-4-8(11)9(12)6-7/h3-4,6H,2,5H2,1H3,(H,13,14). The third kappa shape index (κ3) is 3.98. The molecule has 0 heterocycles. The highest BCUT2D eigenvalue weighted by atomic mass is 35.5. The maximum atomic E-state index is 11.2. The third-order valence-electron chi connectivity index (χ3n) is 1.62. The molecule has 0 bridgehead atoms. The van der Waals surface area contributed by atoms with Crippen molar-refractivity contribution in [1.29, 1.82) is 0 Å². The number of hydrogen-bond donors (Lipinski definition) is 1. The Morgan fingerprint density at radius 3 is 2.73 bits per heavy atom. The van der Waals surface area contributed by atoms with Crippen molar-refractivity contribution < 1.29 is 9.53 Å². The van der Waals surface area contributed by atoms with Crippen LogP contribution in [0.5, 0.6) is 5.75 Å². The van der Waals surface area contributed by atoms with E-state index in [0.29, 0.717) is 22.3 Å². The first-order valence-electron chi connectivity index (χ1n) is 4.54. The Morgan fingerprint density at radius 1 is 1.40 bits per heavy atom. The van der Waals surface area contributed by atoms with Gasteiger partial charge in [-0.2, -0.15) is 0 Å². The van der Waals surface area contributed by atoms with Gasteiger partial charge < -0.3 is 10.1 Å². The number of amides is 1. The van der Waals surface area contributed by atoms with Gasteiger partial charge in [-0.05, 0) is 18.6 Å². The van der Waals surface area contributed by atoms with Gasteiger partial charge in [0.15, 0.2) is 0 Å². The quantitative estimate of drug-likeness (QED) is 0.889. The van der Waals surface area contributed by atoms with Crippen LogP contribution in [0.25, 0.3) is 0 Å². The number of nitrogens with one attached hydrogen (secondary N) is 1. The molecule has 0 radical (unpaired) electrons. The highest BCUT2D eigenvalue weighted by molar-refractivity contribution is 6.42. The Balaban J connectivity index is 2.57. The molecule has 15 heavy (non-hydrogen) atoms. The molecule has 1 N–H and O–H groups in total. The first-order chi connectivity index (χ1) is 7.13. The highest BCUT2D eigenvalue weighted by Crippen LogP contribution is 2.26. The van der Waals surface area contributed by atoms with E-state index in [1.54, 1.807) is 12.1 Å². The average molecular weight is 248 g/mol. The van der Waals surface area contributed by atoms with Gasteiger partial charge in [0, 0.05) is 12.6 Å². The van der Waals surface area contributed by atoms with Crippen molar-refractivity contribution in [3.8, 4) is 5.75 Å². The van der Waals surface area contributed by atoms with E-state index in [1.807, 2.05) is 6.92 Å². The van der Waals surface area contributed by atoms with Crippen LogP contribution in [0.1, 0.15) is 13.3 Å². The van der Waals surface area contributed by atoms with Gasteiger partial charge in [0.1, 0.15) is 5.75 Å². The molecule has 3 nitrogen and oxygen atoms in total. The molecule has 0 spiro atoms. The van der Waals surface area contributed by atoms with Crippen molar-refractivity contribution in [2.45, 2.75) is 13.3 Å². The summed E-state index contributed by atoms with van der Waals surface area (Å²) in [6.45, 7) is 2.54. The van der Waals surface area contributed by atoms with Gasteiger partial charge in [0.05, 0.1) is 10.0 Å². The molecule has 0 aliphatic rings. The van der Waals surface area contributed by atoms with Crippen molar-refractivity contribution in [3.63, 3.8) is 0 Å². The molecule has 1 amide bonds. The third-order valence-corrected chi connectivity index (χ3v) is 2.36. The van der Waals surface area contributed by atoms with Crippen LogP contribution in [0.3, 0.4) is 0 Å². The fourth-order valence-electron chi connectivity index (χ4n) is 0.911. The second kappa shape index (κ2) is 5.83. The van der Waals surface area contributed by atoms with E-state index < -0.39 is 6.09 Å². The molecule has 0 saturated carbocycles. The zero-order chi connectivity index (χ0) is 11.3. The molecule has 1 aromatic rings. The van der Waals surface area contributed by atoms with Crippen LogP contribution in [-0.4, -0.2) is 12.6 Å². The lowest BCUT2D eigenvalue weighted by molar-refractivity contribution is 0.200. The van der Waals surface area contributed by atoms with E-state index >= 15 is 0 Å². The minimum atomic E-state index is -0.491. The van der Waals surface area contributed by atoms with E-state index in [-0.39, 0.29) is 0 Å². The summed E-state index contributed by atoms with van der Waals surface area (Å²) in [5.41, 5.74) is 0. The molecule has 0 aromatic heterocycles. The summed E-state index contributed by atoms with van der Waals surface area (Å²) < 4.78 is 4.96. The Hall–Kier alpha value is -0.930. The fourth-order valence-corrected chi connectivity index (χ4v) is 1.20. The van der Waals surface area contributed by atoms with Crippen LogP contribution < -0.4 is 10.1 Å².